The molecule has 1 heterocycles. The minimum absolute atomic E-state index is 0.0166. The van der Waals surface area contributed by atoms with Crippen molar-refractivity contribution in [3.8, 4) is 0 Å². The zero-order valence-corrected chi connectivity index (χ0v) is 14.7. The normalized spacial score (nSPS) is 13.5. The lowest BCUT2D eigenvalue weighted by Gasteiger charge is -2.29. The van der Waals surface area contributed by atoms with Crippen LogP contribution in [0.4, 0.5) is 0 Å². The van der Waals surface area contributed by atoms with Gasteiger partial charge >= 0.3 is 0 Å². The summed E-state index contributed by atoms with van der Waals surface area (Å²) in [5.41, 5.74) is 3.62. The molecule has 4 nitrogen and oxygen atoms in total. The third-order valence-corrected chi connectivity index (χ3v) is 3.75. The number of likely N-dealkylation sites (N-methyl/N-ethyl adjacent to an activating group) is 1. The highest BCUT2D eigenvalue weighted by molar-refractivity contribution is 5.27. The highest BCUT2D eigenvalue weighted by Gasteiger charge is 2.29. The van der Waals surface area contributed by atoms with Crippen LogP contribution in [0.15, 0.2) is 0 Å². The standard InChI is InChI=1S/C17H31N3O/c1-8-13-12(10-11-18-6)14(9-2)20-16(19-13)15(21-7)17(3,4)5/h15,18H,8-11H2,1-7H3. The fourth-order valence-corrected chi connectivity index (χ4v) is 2.69. The second-order valence-electron chi connectivity index (χ2n) is 6.50. The Kier molecular flexibility index (Phi) is 6.75. The molecule has 0 saturated heterocycles. The summed E-state index contributed by atoms with van der Waals surface area (Å²) < 4.78 is 5.68. The van der Waals surface area contributed by atoms with E-state index < -0.39 is 0 Å². The number of hydrogen-bond donors (Lipinski definition) is 1. The highest BCUT2D eigenvalue weighted by Crippen LogP contribution is 2.34. The zero-order valence-electron chi connectivity index (χ0n) is 14.7. The molecule has 1 atom stereocenters. The van der Waals surface area contributed by atoms with Crippen LogP contribution in [-0.4, -0.2) is 30.7 Å². The quantitative estimate of drug-likeness (QED) is 0.839. The van der Waals surface area contributed by atoms with E-state index in [-0.39, 0.29) is 11.5 Å². The first-order valence-corrected chi connectivity index (χ1v) is 7.94. The molecular formula is C17H31N3O. The molecular weight excluding hydrogens is 262 g/mol. The highest BCUT2D eigenvalue weighted by atomic mass is 16.5. The molecule has 0 bridgehead atoms. The number of aromatic nitrogens is 2. The minimum atomic E-state index is -0.0774. The topological polar surface area (TPSA) is 47.0 Å². The average molecular weight is 293 g/mol. The molecule has 0 amide bonds. The van der Waals surface area contributed by atoms with Gasteiger partial charge < -0.3 is 10.1 Å². The van der Waals surface area contributed by atoms with E-state index in [1.54, 1.807) is 7.11 Å². The van der Waals surface area contributed by atoms with Gasteiger partial charge in [0, 0.05) is 18.5 Å². The fourth-order valence-electron chi connectivity index (χ4n) is 2.69. The lowest BCUT2D eigenvalue weighted by atomic mass is 9.88. The maximum Gasteiger partial charge on any atom is 0.158 e. The van der Waals surface area contributed by atoms with Gasteiger partial charge in [-0.1, -0.05) is 34.6 Å². The summed E-state index contributed by atoms with van der Waals surface area (Å²) in [5.74, 6) is 0.826. The van der Waals surface area contributed by atoms with Gasteiger partial charge in [0.05, 0.1) is 0 Å². The largest absolute Gasteiger partial charge is 0.373 e. The molecule has 1 rings (SSSR count). The molecule has 0 aliphatic heterocycles. The lowest BCUT2D eigenvalue weighted by molar-refractivity contribution is 0.00832. The van der Waals surface area contributed by atoms with Crippen LogP contribution in [0, 0.1) is 5.41 Å². The molecule has 1 aromatic rings. The van der Waals surface area contributed by atoms with Crippen molar-refractivity contribution in [3.63, 3.8) is 0 Å². The summed E-state index contributed by atoms with van der Waals surface area (Å²) in [6, 6.07) is 0. The number of aryl methyl sites for hydroxylation is 2. The Bertz CT molecular complexity index is 427. The maximum absolute atomic E-state index is 5.68. The maximum atomic E-state index is 5.68. The minimum Gasteiger partial charge on any atom is -0.373 e. The van der Waals surface area contributed by atoms with Crippen LogP contribution >= 0.6 is 0 Å². The molecule has 0 fully saturated rings. The van der Waals surface area contributed by atoms with Crippen molar-refractivity contribution >= 4 is 0 Å². The number of methoxy groups -OCH3 is 1. The first kappa shape index (κ1) is 18.1. The summed E-state index contributed by atoms with van der Waals surface area (Å²) in [6.07, 6.45) is 2.77. The van der Waals surface area contributed by atoms with Crippen LogP contribution in [-0.2, 0) is 24.0 Å². The average Bonchev–Trinajstić information content (AvgIpc) is 2.43. The molecule has 0 aromatic carbocycles. The van der Waals surface area contributed by atoms with Gasteiger partial charge in [-0.15, -0.1) is 0 Å². The molecule has 1 aromatic heterocycles. The van der Waals surface area contributed by atoms with Crippen molar-refractivity contribution in [1.82, 2.24) is 15.3 Å². The second-order valence-corrected chi connectivity index (χ2v) is 6.50. The van der Waals surface area contributed by atoms with Crippen molar-refractivity contribution in [2.75, 3.05) is 20.7 Å². The van der Waals surface area contributed by atoms with E-state index in [4.69, 9.17) is 14.7 Å². The molecule has 21 heavy (non-hydrogen) atoms. The van der Waals surface area contributed by atoms with Crippen molar-refractivity contribution in [2.45, 2.75) is 60.0 Å². The summed E-state index contributed by atoms with van der Waals surface area (Å²) in [4.78, 5) is 9.65. The molecule has 0 aliphatic carbocycles. The van der Waals surface area contributed by atoms with E-state index in [1.807, 2.05) is 7.05 Å². The molecule has 0 saturated carbocycles. The smallest absolute Gasteiger partial charge is 0.158 e. The fraction of sp³-hybridized carbons (Fsp3) is 0.765. The van der Waals surface area contributed by atoms with Crippen molar-refractivity contribution in [2.24, 2.45) is 5.41 Å². The Morgan fingerprint density at radius 2 is 1.62 bits per heavy atom. The summed E-state index contributed by atoms with van der Waals surface area (Å²) in [6.45, 7) is 11.8. The van der Waals surface area contributed by atoms with E-state index in [0.29, 0.717) is 0 Å². The van der Waals surface area contributed by atoms with E-state index in [9.17, 15) is 0 Å². The van der Waals surface area contributed by atoms with Gasteiger partial charge in [0.2, 0.25) is 0 Å². The van der Waals surface area contributed by atoms with Crippen molar-refractivity contribution in [1.29, 1.82) is 0 Å². The van der Waals surface area contributed by atoms with Crippen LogP contribution in [0.1, 0.15) is 63.5 Å². The van der Waals surface area contributed by atoms with Crippen molar-refractivity contribution < 1.29 is 4.74 Å². The SMILES string of the molecule is CCc1nc(C(OC)C(C)(C)C)nc(CC)c1CCNC. The van der Waals surface area contributed by atoms with Gasteiger partial charge in [0.25, 0.3) is 0 Å². The van der Waals surface area contributed by atoms with E-state index in [2.05, 4.69) is 39.9 Å². The predicted molar refractivity (Wildman–Crippen MR) is 87.6 cm³/mol. The molecule has 0 radical (unpaired) electrons. The molecule has 4 heteroatoms. The van der Waals surface area contributed by atoms with E-state index in [0.717, 1.165) is 31.6 Å². The molecule has 0 spiro atoms. The Labute approximate surface area is 129 Å². The number of rotatable bonds is 7. The first-order chi connectivity index (χ1) is 9.88. The number of nitrogens with zero attached hydrogens (tertiary/aromatic N) is 2. The Hall–Kier alpha value is -1.00. The number of ether oxygens (including phenoxy) is 1. The van der Waals surface area contributed by atoms with Gasteiger partial charge in [-0.25, -0.2) is 9.97 Å². The predicted octanol–water partition coefficient (Wildman–Crippen LogP) is 3.10. The number of nitrogens with one attached hydrogen (secondary N) is 1. The summed E-state index contributed by atoms with van der Waals surface area (Å²) in [7, 11) is 3.72. The summed E-state index contributed by atoms with van der Waals surface area (Å²) >= 11 is 0. The van der Waals surface area contributed by atoms with Gasteiger partial charge in [0.15, 0.2) is 5.82 Å². The van der Waals surface area contributed by atoms with Crippen LogP contribution in [0.25, 0.3) is 0 Å². The van der Waals surface area contributed by atoms with Crippen molar-refractivity contribution in [3.05, 3.63) is 22.8 Å². The lowest BCUT2D eigenvalue weighted by Crippen LogP contribution is -2.24. The monoisotopic (exact) mass is 293 g/mol. The Morgan fingerprint density at radius 3 is 1.95 bits per heavy atom. The molecule has 120 valence electrons. The van der Waals surface area contributed by atoms with Gasteiger partial charge in [-0.3, -0.25) is 0 Å². The summed E-state index contributed by atoms with van der Waals surface area (Å²) in [5, 5.41) is 3.21. The molecule has 0 aliphatic rings. The van der Waals surface area contributed by atoms with Gasteiger partial charge in [0.1, 0.15) is 6.10 Å². The van der Waals surface area contributed by atoms with Gasteiger partial charge in [-0.05, 0) is 43.8 Å². The molecule has 1 unspecified atom stereocenters. The third kappa shape index (κ3) is 4.48. The zero-order chi connectivity index (χ0) is 16.0. The molecule has 1 N–H and O–H groups in total. The van der Waals surface area contributed by atoms with E-state index in [1.165, 1.54) is 17.0 Å². The third-order valence-electron chi connectivity index (χ3n) is 3.75. The Balaban J connectivity index is 3.31. The van der Waals surface area contributed by atoms with Crippen LogP contribution < -0.4 is 5.32 Å². The van der Waals surface area contributed by atoms with Crippen LogP contribution in [0.5, 0.6) is 0 Å². The van der Waals surface area contributed by atoms with Crippen LogP contribution in [0.2, 0.25) is 0 Å². The first-order valence-electron chi connectivity index (χ1n) is 7.94. The Morgan fingerprint density at radius 1 is 1.10 bits per heavy atom. The van der Waals surface area contributed by atoms with Gasteiger partial charge in [-0.2, -0.15) is 0 Å². The van der Waals surface area contributed by atoms with Crippen LogP contribution in [0.3, 0.4) is 0 Å². The number of hydrogen-bond acceptors (Lipinski definition) is 4. The van der Waals surface area contributed by atoms with E-state index >= 15 is 0 Å². The second kappa shape index (κ2) is 7.85.